The number of likely N-dealkylation sites (N-methyl/N-ethyl adjacent to an activating group) is 1. The van der Waals surface area contributed by atoms with Gasteiger partial charge in [-0.1, -0.05) is 36.4 Å². The Kier molecular flexibility index (Phi) is 9.42. The molecule has 14 heteroatoms. The van der Waals surface area contributed by atoms with Crippen LogP contribution in [0.25, 0.3) is 22.8 Å². The number of alkyl halides is 3. The molecule has 6 rings (SSSR count). The number of halogens is 3. The first-order valence-corrected chi connectivity index (χ1v) is 16.3. The first-order chi connectivity index (χ1) is 24.3. The van der Waals surface area contributed by atoms with Crippen molar-refractivity contribution in [1.82, 2.24) is 29.1 Å². The second kappa shape index (κ2) is 13.8. The first kappa shape index (κ1) is 34.9. The molecule has 0 spiro atoms. The topological polar surface area (TPSA) is 118 Å². The Hall–Kier alpha value is -5.94. The Labute approximate surface area is 292 Å². The summed E-state index contributed by atoms with van der Waals surface area (Å²) < 4.78 is 45.2. The molecule has 1 aliphatic rings. The predicted molar refractivity (Wildman–Crippen MR) is 183 cm³/mol. The number of carbonyl (C=O) groups is 2. The Bertz CT molecular complexity index is 2170. The first-order valence-electron chi connectivity index (χ1n) is 16.3. The lowest BCUT2D eigenvalue weighted by Crippen LogP contribution is -2.60. The van der Waals surface area contributed by atoms with Gasteiger partial charge in [0.15, 0.2) is 0 Å². The van der Waals surface area contributed by atoms with Crippen molar-refractivity contribution in [3.63, 3.8) is 0 Å². The van der Waals surface area contributed by atoms with Crippen LogP contribution in [0.3, 0.4) is 0 Å². The molecule has 3 aromatic carbocycles. The molecule has 2 amide bonds. The number of carbonyl (C=O) groups excluding carboxylic acids is 2. The molecule has 5 aromatic rings. The highest BCUT2D eigenvalue weighted by Crippen LogP contribution is 2.32. The maximum Gasteiger partial charge on any atom is 0.416 e. The molecule has 11 nitrogen and oxygen atoms in total. The third-order valence-corrected chi connectivity index (χ3v) is 9.29. The van der Waals surface area contributed by atoms with Gasteiger partial charge in [-0.2, -0.15) is 23.5 Å². The molecule has 1 aliphatic heterocycles. The molecule has 1 fully saturated rings. The molecule has 1 N–H and O–H groups in total. The van der Waals surface area contributed by atoms with Crippen LogP contribution in [-0.4, -0.2) is 79.5 Å². The maximum atomic E-state index is 14.1. The summed E-state index contributed by atoms with van der Waals surface area (Å²) in [6.07, 6.45) is -3.22. The highest BCUT2D eigenvalue weighted by Gasteiger charge is 2.35. The largest absolute Gasteiger partial charge is 0.416 e. The molecule has 1 atom stereocenters. The summed E-state index contributed by atoms with van der Waals surface area (Å²) in [6, 6.07) is 22.5. The fourth-order valence-corrected chi connectivity index (χ4v) is 6.52. The summed E-state index contributed by atoms with van der Waals surface area (Å²) in [5, 5.41) is 16.3. The molecular formula is C37H36F3N8O3+. The molecule has 2 aromatic heterocycles. The van der Waals surface area contributed by atoms with Crippen LogP contribution in [0.1, 0.15) is 29.3 Å². The molecule has 0 bridgehead atoms. The van der Waals surface area contributed by atoms with Crippen LogP contribution in [0.2, 0.25) is 0 Å². The van der Waals surface area contributed by atoms with E-state index < -0.39 is 29.5 Å². The highest BCUT2D eigenvalue weighted by atomic mass is 19.4. The van der Waals surface area contributed by atoms with E-state index >= 15 is 0 Å². The lowest BCUT2D eigenvalue weighted by molar-refractivity contribution is -0.926. The summed E-state index contributed by atoms with van der Waals surface area (Å²) in [5.41, 5.74) is 0.617. The predicted octanol–water partition coefficient (Wildman–Crippen LogP) is 5.13. The van der Waals surface area contributed by atoms with E-state index in [0.717, 1.165) is 32.3 Å². The van der Waals surface area contributed by atoms with E-state index in [1.54, 1.807) is 35.2 Å². The van der Waals surface area contributed by atoms with Crippen LogP contribution < -0.4 is 11.0 Å². The van der Waals surface area contributed by atoms with Gasteiger partial charge < -0.3 is 14.7 Å². The molecule has 262 valence electrons. The Morgan fingerprint density at radius 1 is 0.980 bits per heavy atom. The van der Waals surface area contributed by atoms with Crippen molar-refractivity contribution < 1.29 is 27.2 Å². The highest BCUT2D eigenvalue weighted by molar-refractivity contribution is 5.89. The summed E-state index contributed by atoms with van der Waals surface area (Å²) >= 11 is 0. The van der Waals surface area contributed by atoms with Crippen LogP contribution >= 0.6 is 0 Å². The van der Waals surface area contributed by atoms with Gasteiger partial charge in [-0.25, -0.2) is 18.8 Å². The van der Waals surface area contributed by atoms with Gasteiger partial charge in [-0.15, -0.1) is 0 Å². The SMILES string of the molecule is Cc1c(-c2ccnn2-c2ccc(C#N)cc2)n(C(=O)N[C@@H](C)C(=O)N2CC[N+](C)(Cc3ccccc3)CC2)c(=O)n1-c1cccc(C(F)(F)F)c1. The zero-order chi connectivity index (χ0) is 36.5. The third kappa shape index (κ3) is 7.06. The smallest absolute Gasteiger partial charge is 0.330 e. The van der Waals surface area contributed by atoms with E-state index in [1.807, 2.05) is 24.3 Å². The fourth-order valence-electron chi connectivity index (χ4n) is 6.52. The number of nitrogens with one attached hydrogen (secondary N) is 1. The zero-order valence-electron chi connectivity index (χ0n) is 28.3. The minimum absolute atomic E-state index is 0.0587. The number of nitriles is 1. The van der Waals surface area contributed by atoms with Crippen molar-refractivity contribution in [1.29, 1.82) is 5.26 Å². The van der Waals surface area contributed by atoms with E-state index in [-0.39, 0.29) is 28.7 Å². The Balaban J connectivity index is 1.32. The monoisotopic (exact) mass is 697 g/mol. The third-order valence-electron chi connectivity index (χ3n) is 9.29. The number of nitrogens with zero attached hydrogens (tertiary/aromatic N) is 7. The standard InChI is InChI=1S/C37H35F3N8O3/c1-25(34(49)44-18-20-48(3,21-19-44)24-28-8-5-4-6-9-28)43-35(50)46-33(32-16-17-42-47(32)30-14-12-27(23-41)13-15-30)26(2)45(36(46)51)31-11-7-10-29(22-31)37(38,39)40/h4-17,22,25H,18-21,24H2,1-3H3/p+1/t25-/m0/s1. The maximum absolute atomic E-state index is 14.1. The van der Waals surface area contributed by atoms with Gasteiger partial charge in [0.1, 0.15) is 18.3 Å². The van der Waals surface area contributed by atoms with Gasteiger partial charge in [-0.3, -0.25) is 9.36 Å². The van der Waals surface area contributed by atoms with Crippen LogP contribution in [-0.2, 0) is 17.5 Å². The number of benzene rings is 3. The van der Waals surface area contributed by atoms with Crippen LogP contribution in [0, 0.1) is 18.3 Å². The number of piperazine rings is 1. The van der Waals surface area contributed by atoms with Crippen molar-refractivity contribution >= 4 is 11.9 Å². The zero-order valence-corrected chi connectivity index (χ0v) is 28.3. The molecule has 0 unspecified atom stereocenters. The molecule has 0 radical (unpaired) electrons. The Morgan fingerprint density at radius 2 is 1.67 bits per heavy atom. The second-order valence-corrected chi connectivity index (χ2v) is 12.9. The van der Waals surface area contributed by atoms with Crippen molar-refractivity contribution in [2.75, 3.05) is 33.2 Å². The molecule has 0 saturated carbocycles. The number of quaternary nitrogens is 1. The number of hydrogen-bond acceptors (Lipinski definition) is 5. The lowest BCUT2D eigenvalue weighted by Gasteiger charge is -2.42. The molecule has 51 heavy (non-hydrogen) atoms. The normalized spacial score (nSPS) is 14.9. The number of amides is 2. The van der Waals surface area contributed by atoms with Gasteiger partial charge >= 0.3 is 17.9 Å². The summed E-state index contributed by atoms with van der Waals surface area (Å²) in [6.45, 7) is 6.25. The van der Waals surface area contributed by atoms with Gasteiger partial charge in [0.25, 0.3) is 0 Å². The molecular weight excluding hydrogens is 661 g/mol. The van der Waals surface area contributed by atoms with Gasteiger partial charge in [-0.05, 0) is 62.4 Å². The number of hydrogen-bond donors (Lipinski definition) is 1. The summed E-state index contributed by atoms with van der Waals surface area (Å²) in [4.78, 5) is 43.5. The summed E-state index contributed by atoms with van der Waals surface area (Å²) in [5.74, 6) is -0.319. The van der Waals surface area contributed by atoms with Crippen LogP contribution in [0.4, 0.5) is 18.0 Å². The van der Waals surface area contributed by atoms with E-state index in [0.29, 0.717) is 37.4 Å². The number of rotatable bonds is 7. The van der Waals surface area contributed by atoms with Crippen molar-refractivity contribution in [3.05, 3.63) is 124 Å². The van der Waals surface area contributed by atoms with Gasteiger partial charge in [0.05, 0.1) is 79.4 Å². The molecule has 0 aliphatic carbocycles. The quantitative estimate of drug-likeness (QED) is 0.237. The average molecular weight is 698 g/mol. The average Bonchev–Trinajstić information content (AvgIpc) is 3.69. The number of aromatic nitrogens is 4. The fraction of sp³-hybridized carbons (Fsp3) is 0.270. The van der Waals surface area contributed by atoms with Gasteiger partial charge in [0, 0.05) is 5.56 Å². The minimum Gasteiger partial charge on any atom is -0.330 e. The Morgan fingerprint density at radius 3 is 2.31 bits per heavy atom. The van der Waals surface area contributed by atoms with Crippen LogP contribution in [0.15, 0.2) is 95.9 Å². The van der Waals surface area contributed by atoms with Crippen molar-refractivity contribution in [2.45, 2.75) is 32.6 Å². The van der Waals surface area contributed by atoms with E-state index in [9.17, 15) is 32.8 Å². The van der Waals surface area contributed by atoms with E-state index in [4.69, 9.17) is 0 Å². The lowest BCUT2D eigenvalue weighted by atomic mass is 10.1. The van der Waals surface area contributed by atoms with E-state index in [2.05, 4.69) is 29.6 Å². The summed E-state index contributed by atoms with van der Waals surface area (Å²) in [7, 11) is 2.15. The van der Waals surface area contributed by atoms with Crippen LogP contribution in [0.5, 0.6) is 0 Å². The minimum atomic E-state index is -4.67. The second-order valence-electron chi connectivity index (χ2n) is 12.9. The van der Waals surface area contributed by atoms with Gasteiger partial charge in [0.2, 0.25) is 5.91 Å². The molecule has 3 heterocycles. The van der Waals surface area contributed by atoms with E-state index in [1.165, 1.54) is 42.4 Å². The number of imidazole rings is 1. The van der Waals surface area contributed by atoms with Crippen molar-refractivity contribution in [2.24, 2.45) is 0 Å². The van der Waals surface area contributed by atoms with Crippen molar-refractivity contribution in [3.8, 4) is 28.8 Å². The molecule has 1 saturated heterocycles.